The zero-order valence-corrected chi connectivity index (χ0v) is 21.0. The number of thiol groups is 1. The SMILES string of the molecule is C/C(=C(CCO)/[SH]=C(\O)c1ccccc1Oc1ccccc1Cl)N(C=O)Cc1cnc(C)nc1N. The lowest BCUT2D eigenvalue weighted by Gasteiger charge is -2.21. The van der Waals surface area contributed by atoms with Crippen LogP contribution in [-0.2, 0) is 11.3 Å². The minimum Gasteiger partial charge on any atom is -0.455 e. The Morgan fingerprint density at radius 2 is 1.89 bits per heavy atom. The number of nitrogens with zero attached hydrogens (tertiary/aromatic N) is 3. The van der Waals surface area contributed by atoms with Crippen LogP contribution in [0.2, 0.25) is 5.02 Å². The summed E-state index contributed by atoms with van der Waals surface area (Å²) in [5.74, 6) is 1.70. The highest BCUT2D eigenvalue weighted by Crippen LogP contribution is 2.32. The number of rotatable bonds is 10. The van der Waals surface area contributed by atoms with Crippen molar-refractivity contribution in [2.75, 3.05) is 12.3 Å². The number of ether oxygens (including phenoxy) is 1. The van der Waals surface area contributed by atoms with Crippen LogP contribution in [0.3, 0.4) is 0 Å². The Bertz CT molecular complexity index is 1270. The molecule has 35 heavy (non-hydrogen) atoms. The maximum absolute atomic E-state index is 11.9. The van der Waals surface area contributed by atoms with E-state index in [0.717, 1.165) is 0 Å². The summed E-state index contributed by atoms with van der Waals surface area (Å²) in [7, 11) is 0. The quantitative estimate of drug-likeness (QED) is 0.177. The molecule has 0 saturated heterocycles. The number of hydrogen-bond acceptors (Lipinski definition) is 6. The molecule has 0 saturated carbocycles. The second-order valence-corrected chi connectivity index (χ2v) is 9.13. The van der Waals surface area contributed by atoms with Crippen molar-refractivity contribution in [1.82, 2.24) is 14.9 Å². The average Bonchev–Trinajstić information content (AvgIpc) is 2.84. The molecule has 0 aliphatic heterocycles. The van der Waals surface area contributed by atoms with Gasteiger partial charge in [0.25, 0.3) is 0 Å². The molecule has 0 fully saturated rings. The largest absolute Gasteiger partial charge is 0.455 e. The van der Waals surface area contributed by atoms with E-state index >= 15 is 0 Å². The zero-order valence-electron chi connectivity index (χ0n) is 19.3. The monoisotopic (exact) mass is 514 g/mol. The number of aliphatic hydroxyl groups excluding tert-OH is 2. The van der Waals surface area contributed by atoms with Crippen molar-refractivity contribution in [2.45, 2.75) is 26.8 Å². The fraction of sp³-hybridized carbons (Fsp3) is 0.200. The number of aromatic nitrogens is 2. The molecule has 0 atom stereocenters. The first kappa shape index (κ1) is 26.4. The zero-order chi connectivity index (χ0) is 25.4. The summed E-state index contributed by atoms with van der Waals surface area (Å²) in [4.78, 5) is 22.3. The number of amides is 1. The van der Waals surface area contributed by atoms with Crippen LogP contribution in [0.1, 0.15) is 30.3 Å². The third-order valence-corrected chi connectivity index (χ3v) is 6.69. The van der Waals surface area contributed by atoms with Crippen LogP contribution in [0.4, 0.5) is 5.82 Å². The molecular formula is C25H27ClN4O4S. The topological polar surface area (TPSA) is 122 Å². The van der Waals surface area contributed by atoms with E-state index in [1.165, 1.54) is 4.90 Å². The van der Waals surface area contributed by atoms with Gasteiger partial charge in [0.2, 0.25) is 6.41 Å². The highest BCUT2D eigenvalue weighted by atomic mass is 35.5. The number of para-hydroxylation sites is 2. The lowest BCUT2D eigenvalue weighted by atomic mass is 10.2. The van der Waals surface area contributed by atoms with Gasteiger partial charge in [0, 0.05) is 35.4 Å². The van der Waals surface area contributed by atoms with Gasteiger partial charge < -0.3 is 25.6 Å². The third kappa shape index (κ3) is 6.89. The maximum atomic E-state index is 11.9. The predicted molar refractivity (Wildman–Crippen MR) is 141 cm³/mol. The summed E-state index contributed by atoms with van der Waals surface area (Å²) in [5, 5.41) is 21.1. The lowest BCUT2D eigenvalue weighted by molar-refractivity contribution is -0.116. The number of allylic oxidation sites excluding steroid dienone is 1. The molecule has 4 N–H and O–H groups in total. The number of nitrogen functional groups attached to an aromatic ring is 1. The smallest absolute Gasteiger partial charge is 0.214 e. The summed E-state index contributed by atoms with van der Waals surface area (Å²) in [6.45, 7) is 3.47. The van der Waals surface area contributed by atoms with Crippen LogP contribution in [0.5, 0.6) is 11.5 Å². The van der Waals surface area contributed by atoms with Crippen molar-refractivity contribution in [3.8, 4) is 11.5 Å². The molecule has 1 heterocycles. The number of aryl methyl sites for hydroxylation is 1. The molecule has 0 spiro atoms. The highest BCUT2D eigenvalue weighted by Gasteiger charge is 2.15. The van der Waals surface area contributed by atoms with Gasteiger partial charge in [-0.25, -0.2) is 9.97 Å². The number of halogens is 1. The number of benzene rings is 2. The molecule has 184 valence electrons. The van der Waals surface area contributed by atoms with E-state index in [1.807, 2.05) is 0 Å². The van der Waals surface area contributed by atoms with E-state index < -0.39 is 0 Å². The van der Waals surface area contributed by atoms with Gasteiger partial charge >= 0.3 is 0 Å². The summed E-state index contributed by atoms with van der Waals surface area (Å²) >= 11 is 6.63. The maximum Gasteiger partial charge on any atom is 0.214 e. The fourth-order valence-electron chi connectivity index (χ4n) is 3.22. The lowest BCUT2D eigenvalue weighted by Crippen LogP contribution is -2.22. The molecule has 1 aromatic heterocycles. The van der Waals surface area contributed by atoms with Crippen molar-refractivity contribution in [1.29, 1.82) is 0 Å². The Kier molecular flexibility index (Phi) is 9.39. The number of aliphatic hydroxyl groups is 2. The third-order valence-electron chi connectivity index (χ3n) is 5.11. The molecule has 3 rings (SSSR count). The Morgan fingerprint density at radius 1 is 1.20 bits per heavy atom. The van der Waals surface area contributed by atoms with Gasteiger partial charge in [-0.1, -0.05) is 35.9 Å². The van der Waals surface area contributed by atoms with Crippen LogP contribution < -0.4 is 10.5 Å². The van der Waals surface area contributed by atoms with E-state index in [1.54, 1.807) is 68.6 Å². The minimum atomic E-state index is -0.160. The fourth-order valence-corrected chi connectivity index (χ4v) is 4.45. The Balaban J connectivity index is 1.96. The van der Waals surface area contributed by atoms with Crippen LogP contribution in [0.15, 0.2) is 65.3 Å². The van der Waals surface area contributed by atoms with E-state index in [-0.39, 0.29) is 24.6 Å². The molecule has 10 heteroatoms. The summed E-state index contributed by atoms with van der Waals surface area (Å²) in [6.07, 6.45) is 2.50. The second-order valence-electron chi connectivity index (χ2n) is 7.53. The normalized spacial score (nSPS) is 12.4. The van der Waals surface area contributed by atoms with E-state index in [9.17, 15) is 15.0 Å². The Hall–Kier alpha value is -3.24. The van der Waals surface area contributed by atoms with Crippen molar-refractivity contribution in [3.05, 3.63) is 87.3 Å². The van der Waals surface area contributed by atoms with Gasteiger partial charge in [-0.05, 0) is 38.1 Å². The molecule has 0 bridgehead atoms. The van der Waals surface area contributed by atoms with Crippen molar-refractivity contribution < 1.29 is 19.7 Å². The van der Waals surface area contributed by atoms with Crippen molar-refractivity contribution in [3.63, 3.8) is 0 Å². The van der Waals surface area contributed by atoms with Gasteiger partial charge in [-0.2, -0.15) is 0 Å². The van der Waals surface area contributed by atoms with Crippen LogP contribution >= 0.6 is 23.0 Å². The van der Waals surface area contributed by atoms with Crippen molar-refractivity contribution in [2.24, 2.45) is 0 Å². The summed E-state index contributed by atoms with van der Waals surface area (Å²) in [5.41, 5.74) is 7.62. The minimum absolute atomic E-state index is 0.000476. The number of carbonyl (C=O) groups is 1. The number of hydrogen-bond donors (Lipinski definition) is 4. The number of carbonyl (C=O) groups excluding carboxylic acids is 1. The summed E-state index contributed by atoms with van der Waals surface area (Å²) in [6, 6.07) is 14.1. The first-order valence-electron chi connectivity index (χ1n) is 10.7. The van der Waals surface area contributed by atoms with Crippen LogP contribution in [-0.4, -0.2) is 43.1 Å². The molecule has 0 unspecified atom stereocenters. The van der Waals surface area contributed by atoms with Crippen LogP contribution in [0, 0.1) is 6.92 Å². The van der Waals surface area contributed by atoms with E-state index in [4.69, 9.17) is 22.1 Å². The molecule has 0 aliphatic rings. The first-order valence-corrected chi connectivity index (χ1v) is 12.0. The van der Waals surface area contributed by atoms with Crippen molar-refractivity contribution >= 4 is 40.2 Å². The van der Waals surface area contributed by atoms with E-state index in [0.29, 0.717) is 67.7 Å². The Morgan fingerprint density at radius 3 is 2.54 bits per heavy atom. The van der Waals surface area contributed by atoms with E-state index in [2.05, 4.69) is 9.97 Å². The summed E-state index contributed by atoms with van der Waals surface area (Å²) < 4.78 is 5.96. The second kappa shape index (κ2) is 12.5. The Labute approximate surface area is 212 Å². The van der Waals surface area contributed by atoms with Gasteiger partial charge in [0.15, 0.2) is 0 Å². The van der Waals surface area contributed by atoms with Crippen LogP contribution in [0.25, 0.3) is 0 Å². The van der Waals surface area contributed by atoms with Gasteiger partial charge in [0.1, 0.15) is 28.2 Å². The standard InChI is InChI=1S/C25H27ClN4O4S/c1-16(30(15-32)14-18-13-28-17(2)29-24(18)27)23(11-12-31)35-25(33)19-7-3-5-9-21(19)34-22-10-6-4-8-20(22)26/h3-10,13,15,31,33,35H,11-12,14H2,1-2H3,(H2,27,28,29)/b23-16-. The molecule has 2 aromatic carbocycles. The molecule has 8 nitrogen and oxygen atoms in total. The molecule has 3 aromatic rings. The molecule has 0 aliphatic carbocycles. The first-order chi connectivity index (χ1) is 16.8. The average molecular weight is 515 g/mol. The van der Waals surface area contributed by atoms with Gasteiger partial charge in [-0.15, -0.1) is 11.4 Å². The molecule has 0 radical (unpaired) electrons. The number of nitrogens with two attached hydrogens (primary N) is 1. The predicted octanol–water partition coefficient (Wildman–Crippen LogP) is 4.59. The van der Waals surface area contributed by atoms with Gasteiger partial charge in [0.05, 0.1) is 17.1 Å². The molecule has 1 amide bonds. The van der Waals surface area contributed by atoms with Gasteiger partial charge in [-0.3, -0.25) is 4.79 Å². The highest BCUT2D eigenvalue weighted by molar-refractivity contribution is 8.02. The molecular weight excluding hydrogens is 488 g/mol. The number of anilines is 1.